The zero-order valence-corrected chi connectivity index (χ0v) is 22.7. The van der Waals surface area contributed by atoms with Crippen molar-refractivity contribution >= 4 is 40.6 Å². The van der Waals surface area contributed by atoms with E-state index in [2.05, 4.69) is 10.6 Å². The Morgan fingerprint density at radius 3 is 2.71 bits per heavy atom. The number of nitrogens with zero attached hydrogens (tertiary/aromatic N) is 2. The molecule has 0 aliphatic carbocycles. The molecule has 1 aromatic carbocycles. The topological polar surface area (TPSA) is 104 Å². The average Bonchev–Trinajstić information content (AvgIpc) is 3.70. The molecule has 10 heteroatoms. The predicted octanol–water partition coefficient (Wildman–Crippen LogP) is 3.62. The summed E-state index contributed by atoms with van der Waals surface area (Å²) in [5.41, 5.74) is 0.720. The van der Waals surface area contributed by atoms with Gasteiger partial charge in [-0.05, 0) is 49.7 Å². The zero-order valence-electron chi connectivity index (χ0n) is 21.9. The van der Waals surface area contributed by atoms with Crippen molar-refractivity contribution in [2.75, 3.05) is 39.0 Å². The number of piperidine rings is 1. The molecule has 6 rings (SSSR count). The summed E-state index contributed by atoms with van der Waals surface area (Å²) >= 11 is 1.93. The molecule has 2 aromatic rings. The highest BCUT2D eigenvalue weighted by atomic mass is 32.2. The van der Waals surface area contributed by atoms with Gasteiger partial charge in [0.15, 0.2) is 17.1 Å². The molecule has 1 aromatic heterocycles. The normalized spacial score (nSPS) is 26.0. The highest BCUT2D eigenvalue weighted by Crippen LogP contribution is 2.41. The standard InChI is InChI=1S/C28H36N4O5S/c1-36-20-6-4-5-18-15-21(37-25(18)20)26(34)31-12-9-28(10-13-31)11-14-32(17-28)23(33)8-3-2-7-22-24-19(16-38-22)29-27(35)30-24/h4-6,15,19,22,24H,2-3,7-14,16-17H2,1H3,(H2,29,30,35). The average molecular weight is 541 g/mol. The van der Waals surface area contributed by atoms with Crippen molar-refractivity contribution in [3.05, 3.63) is 30.0 Å². The lowest BCUT2D eigenvalue weighted by Crippen LogP contribution is -2.44. The first kappa shape index (κ1) is 25.4. The number of nitrogens with one attached hydrogen (secondary N) is 2. The molecule has 2 N–H and O–H groups in total. The molecule has 38 heavy (non-hydrogen) atoms. The van der Waals surface area contributed by atoms with E-state index in [1.165, 1.54) is 0 Å². The van der Waals surface area contributed by atoms with E-state index in [4.69, 9.17) is 9.15 Å². The Balaban J connectivity index is 0.953. The Morgan fingerprint density at radius 2 is 1.92 bits per heavy atom. The summed E-state index contributed by atoms with van der Waals surface area (Å²) in [6.07, 6.45) is 6.35. The molecule has 0 bridgehead atoms. The highest BCUT2D eigenvalue weighted by Gasteiger charge is 2.44. The van der Waals surface area contributed by atoms with Gasteiger partial charge in [0, 0.05) is 49.0 Å². The van der Waals surface area contributed by atoms with Gasteiger partial charge < -0.3 is 29.6 Å². The van der Waals surface area contributed by atoms with Crippen molar-refractivity contribution in [3.8, 4) is 5.75 Å². The third-order valence-electron chi connectivity index (χ3n) is 8.91. The van der Waals surface area contributed by atoms with Gasteiger partial charge in [-0.1, -0.05) is 18.6 Å². The van der Waals surface area contributed by atoms with Crippen LogP contribution in [0.15, 0.2) is 28.7 Å². The number of furan rings is 1. The zero-order chi connectivity index (χ0) is 26.3. The fourth-order valence-corrected chi connectivity index (χ4v) is 8.17. The Bertz CT molecular complexity index is 1220. The molecular formula is C28H36N4O5S. The Morgan fingerprint density at radius 1 is 1.13 bits per heavy atom. The number of likely N-dealkylation sites (tertiary alicyclic amines) is 2. The van der Waals surface area contributed by atoms with Crippen LogP contribution in [0.5, 0.6) is 5.75 Å². The van der Waals surface area contributed by atoms with Gasteiger partial charge in [-0.3, -0.25) is 9.59 Å². The molecule has 9 nitrogen and oxygen atoms in total. The van der Waals surface area contributed by atoms with Crippen LogP contribution in [-0.4, -0.2) is 84.0 Å². The summed E-state index contributed by atoms with van der Waals surface area (Å²) in [7, 11) is 1.60. The van der Waals surface area contributed by atoms with E-state index in [9.17, 15) is 14.4 Å². The molecule has 3 atom stereocenters. The Hall–Kier alpha value is -2.88. The number of urea groups is 1. The van der Waals surface area contributed by atoms with E-state index in [1.807, 2.05) is 39.8 Å². The number of carbonyl (C=O) groups excluding carboxylic acids is 3. The van der Waals surface area contributed by atoms with Gasteiger partial charge in [0.05, 0.1) is 19.2 Å². The molecule has 4 amide bonds. The van der Waals surface area contributed by atoms with Crippen molar-refractivity contribution in [3.63, 3.8) is 0 Å². The molecule has 0 radical (unpaired) electrons. The molecule has 4 aliphatic heterocycles. The summed E-state index contributed by atoms with van der Waals surface area (Å²) in [6, 6.07) is 7.87. The fourth-order valence-electron chi connectivity index (χ4n) is 6.62. The maximum atomic E-state index is 13.2. The first-order valence-corrected chi connectivity index (χ1v) is 14.8. The van der Waals surface area contributed by atoms with E-state index in [0.717, 1.165) is 62.8 Å². The second kappa shape index (κ2) is 10.4. The molecule has 4 saturated heterocycles. The van der Waals surface area contributed by atoms with Crippen LogP contribution in [0.1, 0.15) is 55.5 Å². The summed E-state index contributed by atoms with van der Waals surface area (Å²) in [5.74, 6) is 2.12. The summed E-state index contributed by atoms with van der Waals surface area (Å²) in [6.45, 7) is 2.98. The number of methoxy groups -OCH3 is 1. The largest absolute Gasteiger partial charge is 0.493 e. The maximum Gasteiger partial charge on any atom is 0.315 e. The smallest absolute Gasteiger partial charge is 0.315 e. The minimum Gasteiger partial charge on any atom is -0.493 e. The summed E-state index contributed by atoms with van der Waals surface area (Å²) in [5, 5.41) is 7.33. The van der Waals surface area contributed by atoms with Crippen LogP contribution in [0.25, 0.3) is 11.0 Å². The molecule has 3 unspecified atom stereocenters. The number of carbonyl (C=O) groups is 3. The van der Waals surface area contributed by atoms with E-state index in [0.29, 0.717) is 41.9 Å². The second-order valence-electron chi connectivity index (χ2n) is 11.2. The van der Waals surface area contributed by atoms with Crippen LogP contribution in [-0.2, 0) is 4.79 Å². The number of hydrogen-bond acceptors (Lipinski definition) is 6. The third-order valence-corrected chi connectivity index (χ3v) is 10.4. The molecule has 1 spiro atoms. The predicted molar refractivity (Wildman–Crippen MR) is 145 cm³/mol. The van der Waals surface area contributed by atoms with E-state index >= 15 is 0 Å². The maximum absolute atomic E-state index is 13.2. The van der Waals surface area contributed by atoms with Gasteiger partial charge in [-0.15, -0.1) is 0 Å². The van der Waals surface area contributed by atoms with Crippen molar-refractivity contribution in [2.45, 2.75) is 62.3 Å². The molecule has 4 aliphatic rings. The number of rotatable bonds is 7. The SMILES string of the molecule is COc1cccc2cc(C(=O)N3CCC4(CCN(C(=O)CCCCC5SCC6NC(=O)NC65)C4)CC3)oc12. The number of thioether (sulfide) groups is 1. The van der Waals surface area contributed by atoms with Gasteiger partial charge in [-0.2, -0.15) is 11.8 Å². The minimum atomic E-state index is -0.0799. The van der Waals surface area contributed by atoms with Crippen molar-refractivity contribution in [1.29, 1.82) is 0 Å². The Kier molecular flexibility index (Phi) is 6.92. The van der Waals surface area contributed by atoms with Gasteiger partial charge in [0.25, 0.3) is 5.91 Å². The van der Waals surface area contributed by atoms with Gasteiger partial charge in [0.2, 0.25) is 5.91 Å². The lowest BCUT2D eigenvalue weighted by molar-refractivity contribution is -0.130. The monoisotopic (exact) mass is 540 g/mol. The number of unbranched alkanes of at least 4 members (excludes halogenated alkanes) is 1. The van der Waals surface area contributed by atoms with Crippen LogP contribution >= 0.6 is 11.8 Å². The number of hydrogen-bond donors (Lipinski definition) is 2. The van der Waals surface area contributed by atoms with Crippen LogP contribution < -0.4 is 15.4 Å². The number of amides is 4. The van der Waals surface area contributed by atoms with Crippen LogP contribution in [0, 0.1) is 5.41 Å². The summed E-state index contributed by atoms with van der Waals surface area (Å²) < 4.78 is 11.2. The van der Waals surface area contributed by atoms with Gasteiger partial charge >= 0.3 is 6.03 Å². The van der Waals surface area contributed by atoms with Crippen molar-refractivity contribution in [2.24, 2.45) is 5.41 Å². The van der Waals surface area contributed by atoms with E-state index in [1.54, 1.807) is 13.2 Å². The minimum absolute atomic E-state index is 0.0474. The number of fused-ring (bicyclic) bond motifs is 2. The first-order valence-electron chi connectivity index (χ1n) is 13.8. The number of ether oxygens (including phenoxy) is 1. The highest BCUT2D eigenvalue weighted by molar-refractivity contribution is 8.00. The lowest BCUT2D eigenvalue weighted by Gasteiger charge is -2.39. The second-order valence-corrected chi connectivity index (χ2v) is 12.5. The van der Waals surface area contributed by atoms with Gasteiger partial charge in [0.1, 0.15) is 0 Å². The molecule has 0 saturated carbocycles. The molecule has 4 fully saturated rings. The molecular weight excluding hydrogens is 504 g/mol. The van der Waals surface area contributed by atoms with Crippen LogP contribution in [0.2, 0.25) is 0 Å². The van der Waals surface area contributed by atoms with E-state index < -0.39 is 0 Å². The van der Waals surface area contributed by atoms with Crippen molar-refractivity contribution in [1.82, 2.24) is 20.4 Å². The Labute approximate surface area is 227 Å². The van der Waals surface area contributed by atoms with Crippen LogP contribution in [0.4, 0.5) is 4.79 Å². The fraction of sp³-hybridized carbons (Fsp3) is 0.607. The van der Waals surface area contributed by atoms with Gasteiger partial charge in [-0.25, -0.2) is 4.79 Å². The summed E-state index contributed by atoms with van der Waals surface area (Å²) in [4.78, 5) is 41.6. The number of benzene rings is 1. The lowest BCUT2D eigenvalue weighted by atomic mass is 9.77. The molecule has 204 valence electrons. The first-order chi connectivity index (χ1) is 18.4. The third kappa shape index (κ3) is 4.83. The van der Waals surface area contributed by atoms with E-state index in [-0.39, 0.29) is 35.3 Å². The van der Waals surface area contributed by atoms with Crippen LogP contribution in [0.3, 0.4) is 0 Å². The van der Waals surface area contributed by atoms with Crippen molar-refractivity contribution < 1.29 is 23.5 Å². The molecule has 5 heterocycles. The quantitative estimate of drug-likeness (QED) is 0.411. The number of para-hydroxylation sites is 1.